The quantitative estimate of drug-likeness (QED) is 0.637. The molecule has 0 aliphatic carbocycles. The van der Waals surface area contributed by atoms with Crippen LogP contribution in [-0.4, -0.2) is 27.2 Å². The third-order valence-corrected chi connectivity index (χ3v) is 3.43. The fourth-order valence-electron chi connectivity index (χ4n) is 0.931. The third-order valence-electron chi connectivity index (χ3n) is 1.63. The van der Waals surface area contributed by atoms with Gasteiger partial charge < -0.3 is 4.55 Å². The molecule has 0 aromatic rings. The largest absolute Gasteiger partial charge is 0.598 e. The van der Waals surface area contributed by atoms with E-state index >= 15 is 0 Å². The fraction of sp³-hybridized carbons (Fsp3) is 1.00. The van der Waals surface area contributed by atoms with Gasteiger partial charge in [0.15, 0.2) is 0 Å². The van der Waals surface area contributed by atoms with Gasteiger partial charge in [-0.25, -0.2) is 0 Å². The molecule has 12 heavy (non-hydrogen) atoms. The van der Waals surface area contributed by atoms with Gasteiger partial charge in [-0.3, -0.25) is 0 Å². The molecular weight excluding hydrogens is 170 g/mol. The number of hydrogen-bond acceptors (Lipinski definition) is 2. The Morgan fingerprint density at radius 2 is 1.83 bits per heavy atom. The van der Waals surface area contributed by atoms with Crippen molar-refractivity contribution in [2.75, 3.05) is 13.6 Å². The van der Waals surface area contributed by atoms with Gasteiger partial charge in [-0.1, -0.05) is 13.3 Å². The van der Waals surface area contributed by atoms with Crippen LogP contribution in [0.5, 0.6) is 0 Å². The van der Waals surface area contributed by atoms with E-state index in [0.717, 1.165) is 19.4 Å². The zero-order valence-electron chi connectivity index (χ0n) is 8.89. The van der Waals surface area contributed by atoms with Crippen LogP contribution < -0.4 is 0 Å². The Morgan fingerprint density at radius 3 is 2.17 bits per heavy atom. The molecule has 0 aliphatic rings. The van der Waals surface area contributed by atoms with Crippen LogP contribution in [0.1, 0.15) is 40.5 Å². The molecule has 2 nitrogen and oxygen atoms in total. The number of hydrogen-bond donors (Lipinski definition) is 0. The van der Waals surface area contributed by atoms with Crippen molar-refractivity contribution in [1.29, 1.82) is 0 Å². The summed E-state index contributed by atoms with van der Waals surface area (Å²) < 4.78 is 13.5. The summed E-state index contributed by atoms with van der Waals surface area (Å²) in [5, 5.41) is 0. The van der Waals surface area contributed by atoms with E-state index in [4.69, 9.17) is 0 Å². The Hall–Kier alpha value is 0.270. The number of nitrogens with zero attached hydrogens (tertiary/aromatic N) is 1. The van der Waals surface area contributed by atoms with Crippen molar-refractivity contribution in [3.05, 3.63) is 0 Å². The average Bonchev–Trinajstić information content (AvgIpc) is 1.97. The van der Waals surface area contributed by atoms with Gasteiger partial charge in [0.1, 0.15) is 4.75 Å². The first kappa shape index (κ1) is 12.3. The molecule has 0 saturated heterocycles. The molecule has 0 aliphatic heterocycles. The molecule has 0 rings (SSSR count). The molecule has 0 N–H and O–H groups in total. The Morgan fingerprint density at radius 1 is 1.33 bits per heavy atom. The first-order chi connectivity index (χ1) is 5.39. The maximum Gasteiger partial charge on any atom is 0.137 e. The monoisotopic (exact) mass is 191 g/mol. The van der Waals surface area contributed by atoms with Crippen LogP contribution in [-0.2, 0) is 11.4 Å². The van der Waals surface area contributed by atoms with Gasteiger partial charge in [-0.05, 0) is 27.2 Å². The average molecular weight is 191 g/mol. The van der Waals surface area contributed by atoms with Crippen molar-refractivity contribution < 1.29 is 4.55 Å². The second-order valence-electron chi connectivity index (χ2n) is 4.07. The Labute approximate surface area is 79.6 Å². The molecule has 0 aromatic heterocycles. The highest BCUT2D eigenvalue weighted by Gasteiger charge is 2.29. The minimum Gasteiger partial charge on any atom is -0.598 e. The molecular formula is C9H21NOS. The fourth-order valence-corrected chi connectivity index (χ4v) is 2.16. The van der Waals surface area contributed by atoms with Crippen LogP contribution >= 0.6 is 0 Å². The molecule has 0 heterocycles. The van der Waals surface area contributed by atoms with Crippen molar-refractivity contribution >= 4 is 11.4 Å². The lowest BCUT2D eigenvalue weighted by Crippen LogP contribution is -2.41. The van der Waals surface area contributed by atoms with E-state index in [1.807, 2.05) is 32.1 Å². The molecule has 0 amide bonds. The molecule has 0 aromatic carbocycles. The van der Waals surface area contributed by atoms with Crippen LogP contribution in [0.4, 0.5) is 0 Å². The summed E-state index contributed by atoms with van der Waals surface area (Å²) >= 11 is -0.850. The molecule has 0 bridgehead atoms. The van der Waals surface area contributed by atoms with E-state index in [-0.39, 0.29) is 4.75 Å². The zero-order valence-corrected chi connectivity index (χ0v) is 9.70. The summed E-state index contributed by atoms with van der Waals surface area (Å²) in [6.07, 6.45) is 2.28. The van der Waals surface area contributed by atoms with Crippen LogP contribution in [0.3, 0.4) is 0 Å². The van der Waals surface area contributed by atoms with E-state index in [2.05, 4.69) is 6.92 Å². The summed E-state index contributed by atoms with van der Waals surface area (Å²) in [5.41, 5.74) is 0. The Kier molecular flexibility index (Phi) is 5.21. The summed E-state index contributed by atoms with van der Waals surface area (Å²) in [6, 6.07) is 0. The highest BCUT2D eigenvalue weighted by molar-refractivity contribution is 7.90. The minimum atomic E-state index is -0.850. The van der Waals surface area contributed by atoms with Gasteiger partial charge in [-0.15, -0.1) is 4.31 Å². The summed E-state index contributed by atoms with van der Waals surface area (Å²) in [4.78, 5) is 0. The number of rotatable bonds is 4. The number of unbranched alkanes of at least 4 members (excludes halogenated alkanes) is 1. The third kappa shape index (κ3) is 4.33. The maximum absolute atomic E-state index is 11.7. The molecule has 1 atom stereocenters. The highest BCUT2D eigenvalue weighted by Crippen LogP contribution is 2.18. The van der Waals surface area contributed by atoms with Crippen molar-refractivity contribution in [3.8, 4) is 0 Å². The second-order valence-corrected chi connectivity index (χ2v) is 6.41. The topological polar surface area (TPSA) is 26.3 Å². The second kappa shape index (κ2) is 5.10. The van der Waals surface area contributed by atoms with E-state index in [0.29, 0.717) is 0 Å². The van der Waals surface area contributed by atoms with Crippen molar-refractivity contribution in [2.45, 2.75) is 45.3 Å². The molecule has 0 fully saturated rings. The minimum absolute atomic E-state index is 0.123. The molecule has 1 unspecified atom stereocenters. The van der Waals surface area contributed by atoms with Gasteiger partial charge in [0.2, 0.25) is 0 Å². The molecule has 0 spiro atoms. The SMILES string of the molecule is CCCCN(C)[S+]([O-])C(C)(C)C. The van der Waals surface area contributed by atoms with Gasteiger partial charge in [0, 0.05) is 25.0 Å². The van der Waals surface area contributed by atoms with Gasteiger partial charge >= 0.3 is 0 Å². The molecule has 0 saturated carbocycles. The summed E-state index contributed by atoms with van der Waals surface area (Å²) in [6.45, 7) is 9.09. The van der Waals surface area contributed by atoms with Gasteiger partial charge in [0.25, 0.3) is 0 Å². The standard InChI is InChI=1S/C9H21NOS/c1-6-7-8-10(5)12(11)9(2,3)4/h6-8H2,1-5H3. The molecule has 3 heteroatoms. The van der Waals surface area contributed by atoms with Crippen molar-refractivity contribution in [2.24, 2.45) is 0 Å². The maximum atomic E-state index is 11.7. The van der Waals surface area contributed by atoms with Crippen molar-refractivity contribution in [1.82, 2.24) is 4.31 Å². The van der Waals surface area contributed by atoms with Gasteiger partial charge in [-0.2, -0.15) is 0 Å². The predicted molar refractivity (Wildman–Crippen MR) is 55.4 cm³/mol. The predicted octanol–water partition coefficient (Wildman–Crippen LogP) is 2.18. The normalized spacial score (nSPS) is 15.2. The van der Waals surface area contributed by atoms with Crippen molar-refractivity contribution in [3.63, 3.8) is 0 Å². The smallest absolute Gasteiger partial charge is 0.137 e. The first-order valence-corrected chi connectivity index (χ1v) is 5.63. The van der Waals surface area contributed by atoms with Gasteiger partial charge in [0.05, 0.1) is 0 Å². The van der Waals surface area contributed by atoms with E-state index < -0.39 is 11.4 Å². The Bertz CT molecular complexity index is 122. The van der Waals surface area contributed by atoms with Crippen LogP contribution in [0.15, 0.2) is 0 Å². The zero-order chi connectivity index (χ0) is 9.78. The first-order valence-electron chi connectivity index (χ1n) is 4.52. The molecule has 74 valence electrons. The lowest BCUT2D eigenvalue weighted by molar-refractivity contribution is 0.436. The lowest BCUT2D eigenvalue weighted by Gasteiger charge is -2.29. The summed E-state index contributed by atoms with van der Waals surface area (Å²) in [5.74, 6) is 0. The lowest BCUT2D eigenvalue weighted by atomic mass is 10.3. The van der Waals surface area contributed by atoms with E-state index in [9.17, 15) is 4.55 Å². The highest BCUT2D eigenvalue weighted by atomic mass is 32.2. The summed E-state index contributed by atoms with van der Waals surface area (Å²) in [7, 11) is 1.93. The van der Waals surface area contributed by atoms with Crippen LogP contribution in [0, 0.1) is 0 Å². The molecule has 0 radical (unpaired) electrons. The van der Waals surface area contributed by atoms with E-state index in [1.165, 1.54) is 0 Å². The Balaban J connectivity index is 3.84. The van der Waals surface area contributed by atoms with Crippen LogP contribution in [0.2, 0.25) is 0 Å². The van der Waals surface area contributed by atoms with E-state index in [1.54, 1.807) is 0 Å². The van der Waals surface area contributed by atoms with Crippen LogP contribution in [0.25, 0.3) is 0 Å².